The Morgan fingerprint density at radius 1 is 1.25 bits per heavy atom. The van der Waals surface area contributed by atoms with E-state index in [4.69, 9.17) is 27.9 Å². The predicted octanol–water partition coefficient (Wildman–Crippen LogP) is 5.55. The fourth-order valence-corrected chi connectivity index (χ4v) is 4.64. The number of carbonyl (C=O) groups excluding carboxylic acids is 2. The van der Waals surface area contributed by atoms with Crippen molar-refractivity contribution >= 4 is 35.0 Å². The maximum absolute atomic E-state index is 13.2. The van der Waals surface area contributed by atoms with Gasteiger partial charge in [0.15, 0.2) is 5.78 Å². The molecule has 0 amide bonds. The number of esters is 1. The van der Waals surface area contributed by atoms with Crippen molar-refractivity contribution in [1.29, 1.82) is 0 Å². The monoisotopic (exact) mass is 421 g/mol. The summed E-state index contributed by atoms with van der Waals surface area (Å²) in [4.78, 5) is 26.1. The molecule has 0 spiro atoms. The number of hydrogen-bond donors (Lipinski definition) is 1. The number of hydrogen-bond acceptors (Lipinski definition) is 4. The minimum absolute atomic E-state index is 0.0340. The second kappa shape index (κ2) is 7.92. The molecule has 0 saturated heterocycles. The van der Waals surface area contributed by atoms with Gasteiger partial charge in [-0.25, -0.2) is 4.79 Å². The van der Waals surface area contributed by atoms with Gasteiger partial charge in [0.25, 0.3) is 0 Å². The zero-order valence-electron chi connectivity index (χ0n) is 16.6. The Morgan fingerprint density at radius 2 is 1.96 bits per heavy atom. The molecule has 1 aromatic carbocycles. The van der Waals surface area contributed by atoms with E-state index in [0.29, 0.717) is 39.6 Å². The number of halogens is 2. The SMILES string of the molecule is CCOC(=O)C1=C(CC)NC2=C(C(=O)CC(C)(C)C2)[C@H]1c1ccc(Cl)cc1Cl. The molecule has 2 aliphatic rings. The van der Waals surface area contributed by atoms with E-state index in [2.05, 4.69) is 19.2 Å². The molecule has 1 aromatic rings. The van der Waals surface area contributed by atoms with Gasteiger partial charge in [0.1, 0.15) is 0 Å². The number of ketones is 1. The molecule has 0 radical (unpaired) electrons. The molecule has 0 bridgehead atoms. The summed E-state index contributed by atoms with van der Waals surface area (Å²) >= 11 is 12.6. The van der Waals surface area contributed by atoms with Crippen molar-refractivity contribution in [3.8, 4) is 0 Å². The highest BCUT2D eigenvalue weighted by Gasteiger charge is 2.44. The Morgan fingerprint density at radius 3 is 2.57 bits per heavy atom. The molecule has 4 nitrogen and oxygen atoms in total. The number of carbonyl (C=O) groups is 2. The molecule has 0 aromatic heterocycles. The maximum Gasteiger partial charge on any atom is 0.336 e. The van der Waals surface area contributed by atoms with Gasteiger partial charge in [-0.05, 0) is 42.9 Å². The highest BCUT2D eigenvalue weighted by molar-refractivity contribution is 6.35. The summed E-state index contributed by atoms with van der Waals surface area (Å²) in [6, 6.07) is 5.17. The van der Waals surface area contributed by atoms with Crippen molar-refractivity contribution in [3.05, 3.63) is 56.3 Å². The average Bonchev–Trinajstić information content (AvgIpc) is 2.59. The van der Waals surface area contributed by atoms with Crippen molar-refractivity contribution in [2.24, 2.45) is 5.41 Å². The first kappa shape index (κ1) is 20.9. The van der Waals surface area contributed by atoms with Crippen LogP contribution in [0.3, 0.4) is 0 Å². The van der Waals surface area contributed by atoms with Gasteiger partial charge in [0.2, 0.25) is 0 Å². The molecular formula is C22H25Cl2NO3. The molecule has 0 unspecified atom stereocenters. The van der Waals surface area contributed by atoms with Gasteiger partial charge < -0.3 is 10.1 Å². The van der Waals surface area contributed by atoms with E-state index in [9.17, 15) is 9.59 Å². The lowest BCUT2D eigenvalue weighted by molar-refractivity contribution is -0.138. The molecule has 1 N–H and O–H groups in total. The van der Waals surface area contributed by atoms with Crippen molar-refractivity contribution in [3.63, 3.8) is 0 Å². The second-order valence-electron chi connectivity index (χ2n) is 8.02. The van der Waals surface area contributed by atoms with E-state index in [0.717, 1.165) is 17.8 Å². The Hall–Kier alpha value is -1.78. The third-order valence-corrected chi connectivity index (χ3v) is 5.81. The molecule has 1 aliphatic carbocycles. The van der Waals surface area contributed by atoms with Crippen molar-refractivity contribution in [2.45, 2.75) is 52.9 Å². The lowest BCUT2D eigenvalue weighted by atomic mass is 9.68. The first-order valence-electron chi connectivity index (χ1n) is 9.57. The van der Waals surface area contributed by atoms with Crippen molar-refractivity contribution in [2.75, 3.05) is 6.61 Å². The van der Waals surface area contributed by atoms with Crippen LogP contribution in [0.25, 0.3) is 0 Å². The molecule has 150 valence electrons. The van der Waals surface area contributed by atoms with E-state index >= 15 is 0 Å². The standard InChI is InChI=1S/C22H25Cl2NO3/c1-5-15-20(21(27)28-6-2)18(13-8-7-12(23)9-14(13)24)19-16(25-15)10-22(3,4)11-17(19)26/h7-9,18,25H,5-6,10-11H2,1-4H3/t18-/m1/s1. The first-order valence-corrected chi connectivity index (χ1v) is 10.3. The summed E-state index contributed by atoms with van der Waals surface area (Å²) in [5.41, 5.74) is 3.28. The molecule has 1 heterocycles. The van der Waals surface area contributed by atoms with Crippen LogP contribution in [-0.2, 0) is 14.3 Å². The molecule has 1 aliphatic heterocycles. The number of rotatable bonds is 4. The van der Waals surface area contributed by atoms with E-state index in [1.165, 1.54) is 0 Å². The fourth-order valence-electron chi connectivity index (χ4n) is 4.12. The summed E-state index contributed by atoms with van der Waals surface area (Å²) in [5, 5.41) is 4.32. The number of dihydropyridines is 1. The normalized spacial score (nSPS) is 21.4. The number of Topliss-reactive ketones (excluding diaryl/α,β-unsaturated/α-hetero) is 1. The summed E-state index contributed by atoms with van der Waals surface area (Å²) in [7, 11) is 0. The zero-order valence-corrected chi connectivity index (χ0v) is 18.1. The van der Waals surface area contributed by atoms with Gasteiger partial charge in [-0.1, -0.05) is 50.0 Å². The summed E-state index contributed by atoms with van der Waals surface area (Å²) in [6.45, 7) is 8.16. The van der Waals surface area contributed by atoms with Crippen LogP contribution in [0.5, 0.6) is 0 Å². The molecule has 6 heteroatoms. The van der Waals surface area contributed by atoms with Gasteiger partial charge in [0.05, 0.1) is 12.2 Å². The summed E-state index contributed by atoms with van der Waals surface area (Å²) in [6.07, 6.45) is 1.77. The minimum atomic E-state index is -0.557. The van der Waals surface area contributed by atoms with Crippen LogP contribution in [0, 0.1) is 5.41 Å². The molecule has 0 fully saturated rings. The van der Waals surface area contributed by atoms with Gasteiger partial charge in [-0.15, -0.1) is 0 Å². The molecule has 3 rings (SSSR count). The largest absolute Gasteiger partial charge is 0.463 e. The van der Waals surface area contributed by atoms with E-state index < -0.39 is 11.9 Å². The second-order valence-corrected chi connectivity index (χ2v) is 8.87. The molecule has 1 atom stereocenters. The number of ether oxygens (including phenoxy) is 1. The molecular weight excluding hydrogens is 397 g/mol. The van der Waals surface area contributed by atoms with E-state index in [1.807, 2.05) is 6.92 Å². The first-order chi connectivity index (χ1) is 13.2. The Balaban J connectivity index is 2.25. The Kier molecular flexibility index (Phi) is 5.92. The third kappa shape index (κ3) is 3.85. The maximum atomic E-state index is 13.2. The van der Waals surface area contributed by atoms with Crippen LogP contribution >= 0.6 is 23.2 Å². The van der Waals surface area contributed by atoms with Crippen LogP contribution in [0.2, 0.25) is 10.0 Å². The average molecular weight is 422 g/mol. The highest BCUT2D eigenvalue weighted by Crippen LogP contribution is 2.48. The van der Waals surface area contributed by atoms with Gasteiger partial charge in [-0.2, -0.15) is 0 Å². The number of benzene rings is 1. The smallest absolute Gasteiger partial charge is 0.336 e. The number of allylic oxidation sites excluding steroid dienone is 3. The Bertz CT molecular complexity index is 899. The van der Waals surface area contributed by atoms with Crippen LogP contribution in [0.15, 0.2) is 40.7 Å². The summed E-state index contributed by atoms with van der Waals surface area (Å²) < 4.78 is 5.34. The predicted molar refractivity (Wildman–Crippen MR) is 111 cm³/mol. The van der Waals surface area contributed by atoms with Gasteiger partial charge in [0, 0.05) is 39.4 Å². The lowest BCUT2D eigenvalue weighted by Gasteiger charge is -2.40. The Labute approximate surface area is 175 Å². The van der Waals surface area contributed by atoms with Crippen LogP contribution in [0.4, 0.5) is 0 Å². The van der Waals surface area contributed by atoms with Crippen molar-refractivity contribution < 1.29 is 14.3 Å². The quantitative estimate of drug-likeness (QED) is 0.647. The topological polar surface area (TPSA) is 55.4 Å². The minimum Gasteiger partial charge on any atom is -0.463 e. The highest BCUT2D eigenvalue weighted by atomic mass is 35.5. The van der Waals surface area contributed by atoms with Crippen molar-refractivity contribution in [1.82, 2.24) is 5.32 Å². The van der Waals surface area contributed by atoms with Gasteiger partial charge in [-0.3, -0.25) is 4.79 Å². The number of nitrogens with one attached hydrogen (secondary N) is 1. The van der Waals surface area contributed by atoms with E-state index in [-0.39, 0.29) is 17.8 Å². The van der Waals surface area contributed by atoms with Crippen LogP contribution < -0.4 is 5.32 Å². The van der Waals surface area contributed by atoms with Gasteiger partial charge >= 0.3 is 5.97 Å². The van der Waals surface area contributed by atoms with E-state index in [1.54, 1.807) is 25.1 Å². The molecule has 0 saturated carbocycles. The lowest BCUT2D eigenvalue weighted by Crippen LogP contribution is -2.39. The van der Waals surface area contributed by atoms with Crippen LogP contribution in [-0.4, -0.2) is 18.4 Å². The third-order valence-electron chi connectivity index (χ3n) is 5.25. The fraction of sp³-hybridized carbons (Fsp3) is 0.455. The summed E-state index contributed by atoms with van der Waals surface area (Å²) in [5.74, 6) is -0.947. The zero-order chi connectivity index (χ0) is 20.6. The molecule has 28 heavy (non-hydrogen) atoms. The van der Waals surface area contributed by atoms with Crippen LogP contribution in [0.1, 0.15) is 58.4 Å².